The quantitative estimate of drug-likeness (QED) is 0.826. The van der Waals surface area contributed by atoms with Gasteiger partial charge in [0.05, 0.1) is 17.2 Å². The van der Waals surface area contributed by atoms with Gasteiger partial charge in [-0.1, -0.05) is 12.1 Å². The molecule has 4 heteroatoms. The molecule has 2 aromatic rings. The minimum atomic E-state index is -0.964. The predicted molar refractivity (Wildman–Crippen MR) is 62.6 cm³/mol. The van der Waals surface area contributed by atoms with Gasteiger partial charge in [0.25, 0.3) is 0 Å². The van der Waals surface area contributed by atoms with Crippen molar-refractivity contribution in [3.05, 3.63) is 47.3 Å². The first-order chi connectivity index (χ1) is 8.13. The monoisotopic (exact) mass is 226 g/mol. The van der Waals surface area contributed by atoms with Gasteiger partial charge < -0.3 is 10.1 Å². The number of benzene rings is 1. The second-order valence-corrected chi connectivity index (χ2v) is 3.70. The van der Waals surface area contributed by atoms with Crippen LogP contribution in [0.25, 0.3) is 11.1 Å². The lowest BCUT2D eigenvalue weighted by molar-refractivity contribution is 0.0698. The van der Waals surface area contributed by atoms with Crippen LogP contribution in [0.1, 0.15) is 21.6 Å². The van der Waals surface area contributed by atoms with Crippen molar-refractivity contribution in [2.45, 2.75) is 6.92 Å². The molecule has 1 heterocycles. The van der Waals surface area contributed by atoms with Crippen molar-refractivity contribution in [3.63, 3.8) is 0 Å². The van der Waals surface area contributed by atoms with E-state index in [-0.39, 0.29) is 5.56 Å². The molecule has 1 aromatic heterocycles. The van der Waals surface area contributed by atoms with Gasteiger partial charge in [-0.3, -0.25) is 0 Å². The zero-order valence-corrected chi connectivity index (χ0v) is 9.19. The highest BCUT2D eigenvalue weighted by molar-refractivity contribution is 5.96. The molecule has 0 spiro atoms. The van der Waals surface area contributed by atoms with E-state index in [2.05, 4.69) is 4.98 Å². The third-order valence-electron chi connectivity index (χ3n) is 2.61. The minimum absolute atomic E-state index is 0.243. The average Bonchev–Trinajstić information content (AvgIpc) is 2.71. The molecule has 2 rings (SSSR count). The molecular formula is C13H10N2O2. The van der Waals surface area contributed by atoms with Crippen LogP contribution in [0.2, 0.25) is 0 Å². The summed E-state index contributed by atoms with van der Waals surface area (Å²) in [6, 6.07) is 8.88. The number of hydrogen-bond donors (Lipinski definition) is 2. The lowest BCUT2D eigenvalue weighted by Gasteiger charge is -2.02. The Balaban J connectivity index is 2.56. The van der Waals surface area contributed by atoms with E-state index in [1.54, 1.807) is 24.3 Å². The zero-order valence-electron chi connectivity index (χ0n) is 9.19. The van der Waals surface area contributed by atoms with E-state index in [0.29, 0.717) is 11.1 Å². The Morgan fingerprint density at radius 1 is 1.35 bits per heavy atom. The average molecular weight is 226 g/mol. The van der Waals surface area contributed by atoms with Crippen LogP contribution >= 0.6 is 0 Å². The van der Waals surface area contributed by atoms with Crippen molar-refractivity contribution in [1.29, 1.82) is 5.26 Å². The molecule has 0 fully saturated rings. The number of carboxylic acid groups (broad SMARTS) is 1. The molecule has 0 bridgehead atoms. The molecule has 0 saturated carbocycles. The molecule has 84 valence electrons. The van der Waals surface area contributed by atoms with Crippen molar-refractivity contribution >= 4 is 5.97 Å². The van der Waals surface area contributed by atoms with Crippen molar-refractivity contribution in [1.82, 2.24) is 4.98 Å². The molecule has 0 unspecified atom stereocenters. The number of nitriles is 1. The summed E-state index contributed by atoms with van der Waals surface area (Å²) >= 11 is 0. The van der Waals surface area contributed by atoms with Crippen LogP contribution < -0.4 is 0 Å². The first-order valence-corrected chi connectivity index (χ1v) is 5.05. The fourth-order valence-electron chi connectivity index (χ4n) is 1.78. The highest BCUT2D eigenvalue weighted by Crippen LogP contribution is 2.27. The Bertz CT molecular complexity index is 603. The molecule has 0 aliphatic heterocycles. The largest absolute Gasteiger partial charge is 0.478 e. The van der Waals surface area contributed by atoms with Gasteiger partial charge in [-0.25, -0.2) is 4.79 Å². The van der Waals surface area contributed by atoms with Gasteiger partial charge in [-0.15, -0.1) is 0 Å². The number of carbonyl (C=O) groups is 1. The fraction of sp³-hybridized carbons (Fsp3) is 0.0769. The standard InChI is InChI=1S/C13H10N2O2/c1-8-12(11(7-15-8)13(16)17)10-4-2-9(6-14)3-5-10/h2-5,7,15H,1H3,(H,16,17). The maximum Gasteiger partial charge on any atom is 0.337 e. The lowest BCUT2D eigenvalue weighted by Crippen LogP contribution is -1.96. The number of nitrogens with zero attached hydrogens (tertiary/aromatic N) is 1. The van der Waals surface area contributed by atoms with Gasteiger partial charge >= 0.3 is 5.97 Å². The Labute approximate surface area is 98.1 Å². The summed E-state index contributed by atoms with van der Waals surface area (Å²) in [7, 11) is 0. The number of aromatic carboxylic acids is 1. The SMILES string of the molecule is Cc1[nH]cc(C(=O)O)c1-c1ccc(C#N)cc1. The Hall–Kier alpha value is -2.54. The van der Waals surface area contributed by atoms with Gasteiger partial charge in [-0.2, -0.15) is 5.26 Å². The van der Waals surface area contributed by atoms with E-state index in [1.165, 1.54) is 6.20 Å². The second kappa shape index (κ2) is 4.14. The van der Waals surface area contributed by atoms with Crippen LogP contribution in [-0.4, -0.2) is 16.1 Å². The predicted octanol–water partition coefficient (Wildman–Crippen LogP) is 2.56. The van der Waals surface area contributed by atoms with E-state index >= 15 is 0 Å². The number of nitrogens with one attached hydrogen (secondary N) is 1. The molecular weight excluding hydrogens is 216 g/mol. The Kier molecular flexibility index (Phi) is 2.67. The van der Waals surface area contributed by atoms with Crippen LogP contribution in [0, 0.1) is 18.3 Å². The lowest BCUT2D eigenvalue weighted by atomic mass is 10.0. The molecule has 17 heavy (non-hydrogen) atoms. The molecule has 4 nitrogen and oxygen atoms in total. The van der Waals surface area contributed by atoms with Gasteiger partial charge in [0.15, 0.2) is 0 Å². The summed E-state index contributed by atoms with van der Waals surface area (Å²) in [5.74, 6) is -0.964. The van der Waals surface area contributed by atoms with Crippen LogP contribution in [0.5, 0.6) is 0 Å². The highest BCUT2D eigenvalue weighted by atomic mass is 16.4. The summed E-state index contributed by atoms with van der Waals surface area (Å²) in [4.78, 5) is 14.0. The third kappa shape index (κ3) is 1.91. The summed E-state index contributed by atoms with van der Waals surface area (Å²) in [5.41, 5.74) is 3.06. The van der Waals surface area contributed by atoms with Crippen molar-refractivity contribution < 1.29 is 9.90 Å². The Morgan fingerprint density at radius 2 is 2.00 bits per heavy atom. The topological polar surface area (TPSA) is 76.9 Å². The van der Waals surface area contributed by atoms with Gasteiger partial charge in [0, 0.05) is 17.5 Å². The highest BCUT2D eigenvalue weighted by Gasteiger charge is 2.15. The van der Waals surface area contributed by atoms with Gasteiger partial charge in [0.2, 0.25) is 0 Å². The summed E-state index contributed by atoms with van der Waals surface area (Å²) in [6.07, 6.45) is 1.48. The number of aryl methyl sites for hydroxylation is 1. The molecule has 0 amide bonds. The number of hydrogen-bond acceptors (Lipinski definition) is 2. The smallest absolute Gasteiger partial charge is 0.337 e. The van der Waals surface area contributed by atoms with Crippen LogP contribution in [-0.2, 0) is 0 Å². The first kappa shape index (κ1) is 11.0. The normalized spacial score (nSPS) is 9.88. The number of rotatable bonds is 2. The number of aromatic nitrogens is 1. The molecule has 0 aliphatic carbocycles. The van der Waals surface area contributed by atoms with Gasteiger partial charge in [0.1, 0.15) is 0 Å². The molecule has 1 aromatic carbocycles. The summed E-state index contributed by atoms with van der Waals surface area (Å²) in [5, 5.41) is 17.8. The maximum absolute atomic E-state index is 11.1. The van der Waals surface area contributed by atoms with Crippen LogP contribution in [0.15, 0.2) is 30.5 Å². The summed E-state index contributed by atoms with van der Waals surface area (Å²) in [6.45, 7) is 1.82. The first-order valence-electron chi connectivity index (χ1n) is 5.05. The third-order valence-corrected chi connectivity index (χ3v) is 2.61. The van der Waals surface area contributed by atoms with Gasteiger partial charge in [-0.05, 0) is 24.6 Å². The Morgan fingerprint density at radius 3 is 2.53 bits per heavy atom. The van der Waals surface area contributed by atoms with Crippen LogP contribution in [0.3, 0.4) is 0 Å². The second-order valence-electron chi connectivity index (χ2n) is 3.70. The zero-order chi connectivity index (χ0) is 12.4. The van der Waals surface area contributed by atoms with Crippen molar-refractivity contribution in [2.24, 2.45) is 0 Å². The van der Waals surface area contributed by atoms with E-state index in [9.17, 15) is 4.79 Å². The molecule has 2 N–H and O–H groups in total. The van der Waals surface area contributed by atoms with E-state index in [0.717, 1.165) is 11.3 Å². The summed E-state index contributed by atoms with van der Waals surface area (Å²) < 4.78 is 0. The number of aromatic amines is 1. The molecule has 0 radical (unpaired) electrons. The van der Waals surface area contributed by atoms with Crippen LogP contribution in [0.4, 0.5) is 0 Å². The van der Waals surface area contributed by atoms with E-state index in [1.807, 2.05) is 13.0 Å². The van der Waals surface area contributed by atoms with E-state index in [4.69, 9.17) is 10.4 Å². The maximum atomic E-state index is 11.1. The molecule has 0 atom stereocenters. The fourth-order valence-corrected chi connectivity index (χ4v) is 1.78. The van der Waals surface area contributed by atoms with E-state index < -0.39 is 5.97 Å². The number of carboxylic acids is 1. The molecule has 0 saturated heterocycles. The van der Waals surface area contributed by atoms with Crippen molar-refractivity contribution in [3.8, 4) is 17.2 Å². The van der Waals surface area contributed by atoms with Crippen molar-refractivity contribution in [2.75, 3.05) is 0 Å². The minimum Gasteiger partial charge on any atom is -0.478 e. The molecule has 0 aliphatic rings. The number of H-pyrrole nitrogens is 1.